The molecule has 2 heterocycles. The number of nitrogens with zero attached hydrogens (tertiary/aromatic N) is 3. The van der Waals surface area contributed by atoms with E-state index in [1.807, 2.05) is 6.07 Å². The Morgan fingerprint density at radius 1 is 1.33 bits per heavy atom. The molecule has 1 aliphatic rings. The number of hydrogen-bond acceptors (Lipinski definition) is 4. The van der Waals surface area contributed by atoms with Crippen molar-refractivity contribution in [1.29, 1.82) is 0 Å². The number of rotatable bonds is 3. The van der Waals surface area contributed by atoms with Gasteiger partial charge in [-0.3, -0.25) is 4.98 Å². The maximum Gasteiger partial charge on any atom is 0.211 e. The topological polar surface area (TPSA) is 53.5 Å². The summed E-state index contributed by atoms with van der Waals surface area (Å²) in [6.07, 6.45) is 4.75. The van der Waals surface area contributed by atoms with Crippen LogP contribution in [0.1, 0.15) is 5.56 Å². The van der Waals surface area contributed by atoms with Gasteiger partial charge in [-0.15, -0.1) is 11.6 Å². The molecular formula is C11H16ClN3O2S. The number of aromatic nitrogens is 1. The highest BCUT2D eigenvalue weighted by Crippen LogP contribution is 2.22. The second-order valence-electron chi connectivity index (χ2n) is 4.29. The first-order chi connectivity index (χ1) is 8.52. The third-order valence-corrected chi connectivity index (χ3v) is 4.67. The molecule has 100 valence electrons. The Morgan fingerprint density at radius 2 is 2.00 bits per heavy atom. The van der Waals surface area contributed by atoms with E-state index in [2.05, 4.69) is 9.88 Å². The van der Waals surface area contributed by atoms with Crippen molar-refractivity contribution in [3.63, 3.8) is 0 Å². The number of anilines is 1. The van der Waals surface area contributed by atoms with E-state index in [-0.39, 0.29) is 0 Å². The van der Waals surface area contributed by atoms with Crippen molar-refractivity contribution in [2.45, 2.75) is 5.88 Å². The standard InChI is InChI=1S/C11H16ClN3O2S/c1-18(16,17)15-6-4-14(5-7-15)11-9-13-3-2-10(11)8-12/h2-3,9H,4-8H2,1H3. The Morgan fingerprint density at radius 3 is 2.56 bits per heavy atom. The quantitative estimate of drug-likeness (QED) is 0.776. The smallest absolute Gasteiger partial charge is 0.211 e. The zero-order valence-corrected chi connectivity index (χ0v) is 11.8. The predicted molar refractivity (Wildman–Crippen MR) is 72.4 cm³/mol. The normalized spacial score (nSPS) is 18.0. The summed E-state index contributed by atoms with van der Waals surface area (Å²) >= 11 is 5.89. The van der Waals surface area contributed by atoms with Crippen molar-refractivity contribution in [1.82, 2.24) is 9.29 Å². The van der Waals surface area contributed by atoms with Crippen molar-refractivity contribution in [3.8, 4) is 0 Å². The van der Waals surface area contributed by atoms with Crippen LogP contribution < -0.4 is 4.90 Å². The Labute approximate surface area is 112 Å². The Kier molecular flexibility index (Phi) is 4.09. The fourth-order valence-electron chi connectivity index (χ4n) is 2.07. The molecule has 18 heavy (non-hydrogen) atoms. The Hall–Kier alpha value is -0.850. The van der Waals surface area contributed by atoms with Crippen LogP contribution in [0.5, 0.6) is 0 Å². The monoisotopic (exact) mass is 289 g/mol. The maximum atomic E-state index is 11.4. The number of piperazine rings is 1. The predicted octanol–water partition coefficient (Wildman–Crippen LogP) is 0.902. The number of halogens is 1. The molecule has 0 spiro atoms. The van der Waals surface area contributed by atoms with Gasteiger partial charge in [-0.25, -0.2) is 8.42 Å². The van der Waals surface area contributed by atoms with Crippen LogP contribution in [-0.4, -0.2) is 50.1 Å². The van der Waals surface area contributed by atoms with Crippen LogP contribution in [0.4, 0.5) is 5.69 Å². The largest absolute Gasteiger partial charge is 0.367 e. The minimum absolute atomic E-state index is 0.435. The summed E-state index contributed by atoms with van der Waals surface area (Å²) in [4.78, 5) is 6.24. The van der Waals surface area contributed by atoms with E-state index in [9.17, 15) is 8.42 Å². The molecule has 1 aromatic rings. The van der Waals surface area contributed by atoms with E-state index in [1.165, 1.54) is 10.6 Å². The van der Waals surface area contributed by atoms with E-state index in [0.717, 1.165) is 11.3 Å². The molecule has 0 unspecified atom stereocenters. The van der Waals surface area contributed by atoms with Crippen LogP contribution in [0, 0.1) is 0 Å². The fourth-order valence-corrected chi connectivity index (χ4v) is 3.13. The molecule has 0 aliphatic carbocycles. The molecule has 1 aromatic heterocycles. The van der Waals surface area contributed by atoms with Crippen LogP contribution >= 0.6 is 11.6 Å². The van der Waals surface area contributed by atoms with Gasteiger partial charge in [0, 0.05) is 38.3 Å². The molecule has 7 heteroatoms. The molecule has 0 amide bonds. The van der Waals surface area contributed by atoms with E-state index in [0.29, 0.717) is 32.1 Å². The maximum absolute atomic E-state index is 11.4. The van der Waals surface area contributed by atoms with Crippen molar-refractivity contribution in [2.24, 2.45) is 0 Å². The highest BCUT2D eigenvalue weighted by molar-refractivity contribution is 7.88. The average molecular weight is 290 g/mol. The third kappa shape index (κ3) is 2.93. The van der Waals surface area contributed by atoms with Crippen molar-refractivity contribution < 1.29 is 8.42 Å². The second kappa shape index (κ2) is 5.42. The molecule has 0 radical (unpaired) electrons. The number of sulfonamides is 1. The Balaban J connectivity index is 2.10. The van der Waals surface area contributed by atoms with Crippen LogP contribution in [0.15, 0.2) is 18.5 Å². The summed E-state index contributed by atoms with van der Waals surface area (Å²) in [6.45, 7) is 2.36. The molecule has 0 saturated carbocycles. The van der Waals surface area contributed by atoms with Crippen LogP contribution in [-0.2, 0) is 15.9 Å². The van der Waals surface area contributed by atoms with Crippen molar-refractivity contribution >= 4 is 27.3 Å². The third-order valence-electron chi connectivity index (χ3n) is 3.08. The molecule has 5 nitrogen and oxygen atoms in total. The fraction of sp³-hybridized carbons (Fsp3) is 0.545. The molecule has 1 fully saturated rings. The summed E-state index contributed by atoms with van der Waals surface area (Å²) in [7, 11) is -3.08. The van der Waals surface area contributed by atoms with Gasteiger partial charge in [0.25, 0.3) is 0 Å². The lowest BCUT2D eigenvalue weighted by molar-refractivity contribution is 0.388. The van der Waals surface area contributed by atoms with Crippen LogP contribution in [0.3, 0.4) is 0 Å². The van der Waals surface area contributed by atoms with Gasteiger partial charge in [0.1, 0.15) is 0 Å². The first-order valence-electron chi connectivity index (χ1n) is 5.71. The molecular weight excluding hydrogens is 274 g/mol. The van der Waals surface area contributed by atoms with Crippen LogP contribution in [0.25, 0.3) is 0 Å². The summed E-state index contributed by atoms with van der Waals surface area (Å²) in [6, 6.07) is 1.89. The van der Waals surface area contributed by atoms with E-state index in [1.54, 1.807) is 12.4 Å². The van der Waals surface area contributed by atoms with E-state index >= 15 is 0 Å². The highest BCUT2D eigenvalue weighted by Gasteiger charge is 2.24. The van der Waals surface area contributed by atoms with Gasteiger partial charge in [-0.1, -0.05) is 0 Å². The summed E-state index contributed by atoms with van der Waals surface area (Å²) < 4.78 is 24.4. The molecule has 0 atom stereocenters. The molecule has 1 saturated heterocycles. The zero-order valence-electron chi connectivity index (χ0n) is 10.2. The molecule has 0 N–H and O–H groups in total. The van der Waals surface area contributed by atoms with Gasteiger partial charge in [0.2, 0.25) is 10.0 Å². The SMILES string of the molecule is CS(=O)(=O)N1CCN(c2cnccc2CCl)CC1. The first kappa shape index (κ1) is 13.6. The van der Waals surface area contributed by atoms with E-state index < -0.39 is 10.0 Å². The first-order valence-corrected chi connectivity index (χ1v) is 8.09. The van der Waals surface area contributed by atoms with Crippen molar-refractivity contribution in [3.05, 3.63) is 24.0 Å². The average Bonchev–Trinajstić information content (AvgIpc) is 2.38. The van der Waals surface area contributed by atoms with Crippen LogP contribution in [0.2, 0.25) is 0 Å². The van der Waals surface area contributed by atoms with Gasteiger partial charge in [0.05, 0.1) is 18.1 Å². The molecule has 1 aliphatic heterocycles. The zero-order chi connectivity index (χ0) is 13.2. The van der Waals surface area contributed by atoms with Gasteiger partial charge in [-0.2, -0.15) is 4.31 Å². The lowest BCUT2D eigenvalue weighted by Gasteiger charge is -2.35. The highest BCUT2D eigenvalue weighted by atomic mass is 35.5. The number of pyridine rings is 1. The summed E-state index contributed by atoms with van der Waals surface area (Å²) in [5.41, 5.74) is 2.03. The minimum Gasteiger partial charge on any atom is -0.367 e. The summed E-state index contributed by atoms with van der Waals surface area (Å²) in [5.74, 6) is 0.435. The molecule has 2 rings (SSSR count). The lowest BCUT2D eigenvalue weighted by Crippen LogP contribution is -2.48. The van der Waals surface area contributed by atoms with Crippen molar-refractivity contribution in [2.75, 3.05) is 37.3 Å². The van der Waals surface area contributed by atoms with Gasteiger partial charge < -0.3 is 4.90 Å². The lowest BCUT2D eigenvalue weighted by atomic mass is 10.2. The van der Waals surface area contributed by atoms with Gasteiger partial charge in [-0.05, 0) is 11.6 Å². The number of hydrogen-bond donors (Lipinski definition) is 0. The molecule has 0 aromatic carbocycles. The van der Waals surface area contributed by atoms with E-state index in [4.69, 9.17) is 11.6 Å². The molecule has 0 bridgehead atoms. The number of alkyl halides is 1. The second-order valence-corrected chi connectivity index (χ2v) is 6.54. The van der Waals surface area contributed by atoms with Gasteiger partial charge in [0.15, 0.2) is 0 Å². The van der Waals surface area contributed by atoms with Gasteiger partial charge >= 0.3 is 0 Å². The summed E-state index contributed by atoms with van der Waals surface area (Å²) in [5, 5.41) is 0. The minimum atomic E-state index is -3.08. The Bertz CT molecular complexity index is 513.